The van der Waals surface area contributed by atoms with Gasteiger partial charge in [-0.2, -0.15) is 0 Å². The highest BCUT2D eigenvalue weighted by atomic mass is 16.6. The lowest BCUT2D eigenvalue weighted by Crippen LogP contribution is -2.18. The maximum atomic E-state index is 11.9. The van der Waals surface area contributed by atoms with Crippen molar-refractivity contribution in [2.24, 2.45) is 0 Å². The Hall–Kier alpha value is -1.84. The zero-order valence-corrected chi connectivity index (χ0v) is 10.4. The predicted octanol–water partition coefficient (Wildman–Crippen LogP) is 2.15. The Labute approximate surface area is 106 Å². The van der Waals surface area contributed by atoms with Gasteiger partial charge in [0.2, 0.25) is 0 Å². The average molecular weight is 248 g/mol. The molecule has 0 amide bonds. The molecule has 1 aliphatic carbocycles. The van der Waals surface area contributed by atoms with E-state index in [1.54, 1.807) is 13.0 Å². The van der Waals surface area contributed by atoms with Crippen molar-refractivity contribution < 1.29 is 19.1 Å². The molecule has 0 radical (unpaired) electrons. The van der Waals surface area contributed by atoms with Crippen LogP contribution in [-0.4, -0.2) is 25.0 Å². The number of carbonyl (C=O) groups excluding carboxylic acids is 2. The summed E-state index contributed by atoms with van der Waals surface area (Å²) < 4.78 is 10.2. The number of hydrogen-bond donors (Lipinski definition) is 0. The Balaban J connectivity index is 2.13. The maximum Gasteiger partial charge on any atom is 0.344 e. The largest absolute Gasteiger partial charge is 0.481 e. The van der Waals surface area contributed by atoms with Crippen LogP contribution in [0.5, 0.6) is 5.75 Å². The van der Waals surface area contributed by atoms with E-state index in [1.807, 2.05) is 12.1 Å². The van der Waals surface area contributed by atoms with Crippen molar-refractivity contribution in [3.05, 3.63) is 29.3 Å². The second-order valence-electron chi connectivity index (χ2n) is 4.16. The smallest absolute Gasteiger partial charge is 0.344 e. The summed E-state index contributed by atoms with van der Waals surface area (Å²) in [5.41, 5.74) is 1.64. The van der Waals surface area contributed by atoms with Crippen LogP contribution >= 0.6 is 0 Å². The van der Waals surface area contributed by atoms with Crippen molar-refractivity contribution in [1.29, 1.82) is 0 Å². The molecule has 0 spiro atoms. The first-order chi connectivity index (χ1) is 8.72. The number of benzene rings is 1. The lowest BCUT2D eigenvalue weighted by atomic mass is 9.90. The van der Waals surface area contributed by atoms with Crippen LogP contribution in [0.15, 0.2) is 18.2 Å². The highest BCUT2D eigenvalue weighted by Crippen LogP contribution is 2.29. The molecule has 0 saturated heterocycles. The standard InChI is InChI=1S/C14H16O4/c1-2-17-13(16)9-18-12-8-4-6-10-5-3-7-11(15)14(10)12/h4,6,8H,2-3,5,7,9H2,1H3. The molecule has 0 heterocycles. The fraction of sp³-hybridized carbons (Fsp3) is 0.429. The van der Waals surface area contributed by atoms with Gasteiger partial charge in [0.25, 0.3) is 0 Å². The Bertz CT molecular complexity index is 465. The van der Waals surface area contributed by atoms with Crippen molar-refractivity contribution in [3.8, 4) is 5.75 Å². The molecule has 2 rings (SSSR count). The molecule has 0 unspecified atom stereocenters. The van der Waals surface area contributed by atoms with E-state index in [9.17, 15) is 9.59 Å². The number of Topliss-reactive ketones (excluding diaryl/α,β-unsaturated/α-hetero) is 1. The molecule has 0 N–H and O–H groups in total. The zero-order chi connectivity index (χ0) is 13.0. The summed E-state index contributed by atoms with van der Waals surface area (Å²) in [7, 11) is 0. The first-order valence-corrected chi connectivity index (χ1v) is 6.16. The summed E-state index contributed by atoms with van der Waals surface area (Å²) >= 11 is 0. The van der Waals surface area contributed by atoms with Crippen LogP contribution in [0.3, 0.4) is 0 Å². The van der Waals surface area contributed by atoms with Crippen LogP contribution < -0.4 is 4.74 Å². The summed E-state index contributed by atoms with van der Waals surface area (Å²) in [5.74, 6) is 0.166. The van der Waals surface area contributed by atoms with Gasteiger partial charge in [-0.25, -0.2) is 4.79 Å². The fourth-order valence-corrected chi connectivity index (χ4v) is 2.13. The molecular weight excluding hydrogens is 232 g/mol. The lowest BCUT2D eigenvalue weighted by molar-refractivity contribution is -0.145. The monoisotopic (exact) mass is 248 g/mol. The van der Waals surface area contributed by atoms with Crippen LogP contribution in [0.1, 0.15) is 35.7 Å². The summed E-state index contributed by atoms with van der Waals surface area (Å²) in [4.78, 5) is 23.1. The van der Waals surface area contributed by atoms with E-state index in [0.29, 0.717) is 24.3 Å². The third-order valence-electron chi connectivity index (χ3n) is 2.89. The quantitative estimate of drug-likeness (QED) is 0.766. The van der Waals surface area contributed by atoms with E-state index < -0.39 is 5.97 Å². The molecule has 0 saturated carbocycles. The molecule has 1 aliphatic rings. The number of fused-ring (bicyclic) bond motifs is 1. The Morgan fingerprint density at radius 1 is 1.33 bits per heavy atom. The molecule has 18 heavy (non-hydrogen) atoms. The highest BCUT2D eigenvalue weighted by Gasteiger charge is 2.21. The molecule has 0 fully saturated rings. The molecule has 0 bridgehead atoms. The highest BCUT2D eigenvalue weighted by molar-refractivity contribution is 6.01. The maximum absolute atomic E-state index is 11.9. The van der Waals surface area contributed by atoms with Crippen LogP contribution in [0.2, 0.25) is 0 Å². The second kappa shape index (κ2) is 5.67. The molecule has 96 valence electrons. The normalized spacial score (nSPS) is 13.9. The average Bonchev–Trinajstić information content (AvgIpc) is 2.37. The zero-order valence-electron chi connectivity index (χ0n) is 10.4. The van der Waals surface area contributed by atoms with E-state index in [-0.39, 0.29) is 12.4 Å². The van der Waals surface area contributed by atoms with Crippen molar-refractivity contribution in [3.63, 3.8) is 0 Å². The first kappa shape index (κ1) is 12.6. The van der Waals surface area contributed by atoms with Gasteiger partial charge in [-0.1, -0.05) is 12.1 Å². The third kappa shape index (κ3) is 2.70. The lowest BCUT2D eigenvalue weighted by Gasteiger charge is -2.18. The van der Waals surface area contributed by atoms with E-state index in [2.05, 4.69) is 0 Å². The Morgan fingerprint density at radius 3 is 2.94 bits per heavy atom. The third-order valence-corrected chi connectivity index (χ3v) is 2.89. The molecule has 0 aromatic heterocycles. The summed E-state index contributed by atoms with van der Waals surface area (Å²) in [6.07, 6.45) is 2.32. The number of esters is 1. The summed E-state index contributed by atoms with van der Waals surface area (Å²) in [6.45, 7) is 1.91. The van der Waals surface area contributed by atoms with Crippen molar-refractivity contribution in [1.82, 2.24) is 0 Å². The minimum absolute atomic E-state index is 0.0932. The number of ether oxygens (including phenoxy) is 2. The number of rotatable bonds is 4. The van der Waals surface area contributed by atoms with Gasteiger partial charge in [0, 0.05) is 6.42 Å². The molecule has 4 nitrogen and oxygen atoms in total. The van der Waals surface area contributed by atoms with Gasteiger partial charge in [0.15, 0.2) is 12.4 Å². The molecule has 4 heteroatoms. The SMILES string of the molecule is CCOC(=O)COc1cccc2c1C(=O)CCC2. The van der Waals surface area contributed by atoms with Gasteiger partial charge in [-0.15, -0.1) is 0 Å². The predicted molar refractivity (Wildman–Crippen MR) is 65.8 cm³/mol. The second-order valence-corrected chi connectivity index (χ2v) is 4.16. The molecule has 0 aliphatic heterocycles. The van der Waals surface area contributed by atoms with Gasteiger partial charge in [0.05, 0.1) is 12.2 Å². The minimum atomic E-state index is -0.418. The number of aryl methyl sites for hydroxylation is 1. The van der Waals surface area contributed by atoms with E-state index in [0.717, 1.165) is 18.4 Å². The van der Waals surface area contributed by atoms with Crippen LogP contribution in [0, 0.1) is 0 Å². The van der Waals surface area contributed by atoms with E-state index in [4.69, 9.17) is 9.47 Å². The Morgan fingerprint density at radius 2 is 2.17 bits per heavy atom. The Kier molecular flexibility index (Phi) is 3.97. The fourth-order valence-electron chi connectivity index (χ4n) is 2.13. The number of hydrogen-bond acceptors (Lipinski definition) is 4. The number of carbonyl (C=O) groups is 2. The topological polar surface area (TPSA) is 52.6 Å². The summed E-state index contributed by atoms with van der Waals surface area (Å²) in [5, 5.41) is 0. The van der Waals surface area contributed by atoms with Crippen LogP contribution in [-0.2, 0) is 16.0 Å². The first-order valence-electron chi connectivity index (χ1n) is 6.16. The van der Waals surface area contributed by atoms with E-state index >= 15 is 0 Å². The minimum Gasteiger partial charge on any atom is -0.481 e. The van der Waals surface area contributed by atoms with Gasteiger partial charge in [-0.3, -0.25) is 4.79 Å². The van der Waals surface area contributed by atoms with Gasteiger partial charge in [0.1, 0.15) is 5.75 Å². The van der Waals surface area contributed by atoms with E-state index in [1.165, 1.54) is 0 Å². The molecule has 1 aromatic rings. The molecular formula is C14H16O4. The van der Waals surface area contributed by atoms with Gasteiger partial charge >= 0.3 is 5.97 Å². The van der Waals surface area contributed by atoms with Crippen molar-refractivity contribution in [2.75, 3.05) is 13.2 Å². The van der Waals surface area contributed by atoms with Gasteiger partial charge in [-0.05, 0) is 31.4 Å². The van der Waals surface area contributed by atoms with Crippen molar-refractivity contribution in [2.45, 2.75) is 26.2 Å². The molecule has 0 atom stereocenters. The summed E-state index contributed by atoms with van der Waals surface area (Å²) in [6, 6.07) is 5.50. The molecule has 1 aromatic carbocycles. The van der Waals surface area contributed by atoms with Crippen LogP contribution in [0.4, 0.5) is 0 Å². The number of ketones is 1. The van der Waals surface area contributed by atoms with Crippen LogP contribution in [0.25, 0.3) is 0 Å². The van der Waals surface area contributed by atoms with Crippen molar-refractivity contribution >= 4 is 11.8 Å². The van der Waals surface area contributed by atoms with Gasteiger partial charge < -0.3 is 9.47 Å².